The fraction of sp³-hybridized carbons (Fsp3) is 0. The number of rotatable bonds is 12. The molecule has 0 unspecified atom stereocenters. The molecule has 0 N–H and O–H groups in total. The minimum atomic E-state index is 0.609. The molecule has 0 saturated carbocycles. The van der Waals surface area contributed by atoms with Gasteiger partial charge in [-0.15, -0.1) is 0 Å². The Hall–Kier alpha value is -14.2. The van der Waals surface area contributed by atoms with Crippen LogP contribution in [0.5, 0.6) is 0 Å². The molecule has 104 heavy (non-hydrogen) atoms. The maximum absolute atomic E-state index is 5.06. The second-order valence-corrected chi connectivity index (χ2v) is 25.5. The smallest absolute Gasteiger partial charge is 0.164 e. The summed E-state index contributed by atoms with van der Waals surface area (Å²) < 4.78 is 0. The largest absolute Gasteiger partial charge is 0.256 e. The van der Waals surface area contributed by atoms with Crippen LogP contribution >= 0.6 is 0 Å². The second kappa shape index (κ2) is 27.5. The molecule has 486 valence electrons. The first-order chi connectivity index (χ1) is 51.5. The highest BCUT2D eigenvalue weighted by Gasteiger charge is 2.18. The van der Waals surface area contributed by atoms with Crippen molar-refractivity contribution in [3.8, 4) is 135 Å². The van der Waals surface area contributed by atoms with Crippen LogP contribution < -0.4 is 0 Å². The lowest BCUT2D eigenvalue weighted by Crippen LogP contribution is -2.00. The molecular formula is C94H60N10. The van der Waals surface area contributed by atoms with Gasteiger partial charge in [-0.05, 0) is 79.5 Å². The molecule has 19 rings (SSSR count). The standard InChI is InChI=1S/C49H31N5.C45H29N5/c1-2-14-41-32(8-1)9-3-15-42(41)33-18-24-38(25-19-33)47-52-48(39-26-20-34(21-27-39)43-16-4-10-36-12-6-30-50-45(36)43)54-49(53-47)40-28-22-35(23-29-40)44-17-5-11-37-13-7-31-51-46(37)44;1-2-8-30(9-3-1)31-16-22-36(23-17-31)43-48-44(37-24-18-32(19-25-37)39-14-4-10-34-12-6-28-46-41(34)39)50-45(49-43)38-26-20-33(21-27-38)40-15-5-11-35-13-7-29-47-42(35)40/h1-31H;1-29H. The SMILES string of the molecule is c1ccc(-c2ccc(-c3nc(-c4ccc(-c5cccc6cccnc56)cc4)nc(-c4ccc(-c5cccc6cccnc56)cc4)n3)cc2)cc1.c1ccc2c(-c3ccc(-c4nc(-c5ccc(-c6cccc7cccnc67)cc5)nc(-c5ccc(-c6cccc7cccnc67)cc5)n4)cc3)cccc2c1. The number of para-hydroxylation sites is 4. The van der Waals surface area contributed by atoms with E-state index in [1.165, 1.54) is 21.9 Å². The Labute approximate surface area is 600 Å². The third-order valence-electron chi connectivity index (χ3n) is 19.1. The van der Waals surface area contributed by atoms with Crippen molar-refractivity contribution < 1.29 is 0 Å². The maximum atomic E-state index is 5.06. The maximum Gasteiger partial charge on any atom is 0.164 e. The Morgan fingerprint density at radius 1 is 0.135 bits per heavy atom. The summed E-state index contributed by atoms with van der Waals surface area (Å²) in [5.74, 6) is 3.68. The van der Waals surface area contributed by atoms with Crippen LogP contribution in [0.15, 0.2) is 365 Å². The molecule has 0 aliphatic heterocycles. The van der Waals surface area contributed by atoms with Crippen molar-refractivity contribution in [2.45, 2.75) is 0 Å². The fourth-order valence-corrected chi connectivity index (χ4v) is 13.8. The Balaban J connectivity index is 0.000000149. The molecule has 0 fully saturated rings. The van der Waals surface area contributed by atoms with Crippen molar-refractivity contribution in [1.82, 2.24) is 49.8 Å². The minimum absolute atomic E-state index is 0.609. The van der Waals surface area contributed by atoms with Crippen molar-refractivity contribution in [3.63, 3.8) is 0 Å². The Morgan fingerprint density at radius 3 is 0.654 bits per heavy atom. The van der Waals surface area contributed by atoms with Crippen LogP contribution in [0.25, 0.3) is 189 Å². The van der Waals surface area contributed by atoms with E-state index < -0.39 is 0 Å². The van der Waals surface area contributed by atoms with E-state index in [9.17, 15) is 0 Å². The summed E-state index contributed by atoms with van der Waals surface area (Å²) in [5.41, 5.74) is 22.7. The number of fused-ring (bicyclic) bond motifs is 5. The minimum Gasteiger partial charge on any atom is -0.256 e. The van der Waals surface area contributed by atoms with Gasteiger partial charge in [-0.2, -0.15) is 0 Å². The molecule has 0 radical (unpaired) electrons. The first-order valence-corrected chi connectivity index (χ1v) is 34.6. The van der Waals surface area contributed by atoms with Crippen LogP contribution in [0.3, 0.4) is 0 Å². The van der Waals surface area contributed by atoms with Crippen molar-refractivity contribution in [2.24, 2.45) is 0 Å². The van der Waals surface area contributed by atoms with Gasteiger partial charge in [-0.1, -0.05) is 315 Å². The van der Waals surface area contributed by atoms with Gasteiger partial charge in [-0.25, -0.2) is 29.9 Å². The summed E-state index contributed by atoms with van der Waals surface area (Å²) in [6.07, 6.45) is 7.36. The summed E-state index contributed by atoms with van der Waals surface area (Å²) >= 11 is 0. The average molecular weight is 1330 g/mol. The van der Waals surface area contributed by atoms with E-state index in [-0.39, 0.29) is 0 Å². The van der Waals surface area contributed by atoms with E-state index in [2.05, 4.69) is 329 Å². The zero-order chi connectivity index (χ0) is 69.1. The van der Waals surface area contributed by atoms with Crippen LogP contribution in [0.2, 0.25) is 0 Å². The lowest BCUT2D eigenvalue weighted by Gasteiger charge is -2.11. The van der Waals surface area contributed by atoms with Crippen LogP contribution in [-0.4, -0.2) is 49.8 Å². The molecule has 6 heterocycles. The molecule has 10 nitrogen and oxygen atoms in total. The summed E-state index contributed by atoms with van der Waals surface area (Å²) in [4.78, 5) is 48.9. The number of pyridine rings is 4. The Morgan fingerprint density at radius 2 is 0.346 bits per heavy atom. The first-order valence-electron chi connectivity index (χ1n) is 34.6. The summed E-state index contributed by atoms with van der Waals surface area (Å²) in [5, 5.41) is 6.89. The van der Waals surface area contributed by atoms with Crippen LogP contribution in [0.4, 0.5) is 0 Å². The van der Waals surface area contributed by atoms with Crippen molar-refractivity contribution in [3.05, 3.63) is 365 Å². The van der Waals surface area contributed by atoms with Gasteiger partial charge in [-0.3, -0.25) is 19.9 Å². The summed E-state index contributed by atoms with van der Waals surface area (Å²) in [7, 11) is 0. The molecule has 13 aromatic carbocycles. The van der Waals surface area contributed by atoms with Gasteiger partial charge >= 0.3 is 0 Å². The van der Waals surface area contributed by atoms with Crippen LogP contribution in [0.1, 0.15) is 0 Å². The third-order valence-corrected chi connectivity index (χ3v) is 19.1. The van der Waals surface area contributed by atoms with E-state index in [0.717, 1.165) is 133 Å². The van der Waals surface area contributed by atoms with Crippen molar-refractivity contribution in [1.29, 1.82) is 0 Å². The molecule has 0 saturated heterocycles. The van der Waals surface area contributed by atoms with E-state index >= 15 is 0 Å². The monoisotopic (exact) mass is 1330 g/mol. The van der Waals surface area contributed by atoms with Crippen LogP contribution in [0, 0.1) is 0 Å². The Bertz CT molecular complexity index is 5870. The summed E-state index contributed by atoms with van der Waals surface area (Å²) in [6, 6.07) is 117. The van der Waals surface area contributed by atoms with E-state index in [0.29, 0.717) is 34.9 Å². The molecule has 0 bridgehead atoms. The van der Waals surface area contributed by atoms with E-state index in [1.54, 1.807) is 0 Å². The lowest BCUT2D eigenvalue weighted by molar-refractivity contribution is 1.07. The number of benzene rings is 13. The molecule has 0 spiro atoms. The molecular weight excluding hydrogens is 1270 g/mol. The van der Waals surface area contributed by atoms with E-state index in [4.69, 9.17) is 29.9 Å². The first kappa shape index (κ1) is 62.1. The van der Waals surface area contributed by atoms with E-state index in [1.807, 2.05) is 55.1 Å². The molecule has 19 aromatic rings. The quantitative estimate of drug-likeness (QED) is 0.117. The molecule has 0 aliphatic carbocycles. The number of aromatic nitrogens is 10. The molecule has 0 atom stereocenters. The van der Waals surface area contributed by atoms with Crippen molar-refractivity contribution >= 4 is 54.4 Å². The molecule has 10 heteroatoms. The second-order valence-electron chi connectivity index (χ2n) is 25.5. The Kier molecular flexibility index (Phi) is 16.4. The van der Waals surface area contributed by atoms with Gasteiger partial charge in [0.15, 0.2) is 34.9 Å². The van der Waals surface area contributed by atoms with Gasteiger partial charge in [0.1, 0.15) is 0 Å². The highest BCUT2D eigenvalue weighted by Crippen LogP contribution is 2.37. The fourth-order valence-electron chi connectivity index (χ4n) is 13.8. The average Bonchev–Trinajstić information content (AvgIpc) is 0.802. The van der Waals surface area contributed by atoms with Gasteiger partial charge in [0.25, 0.3) is 0 Å². The number of nitrogens with zero attached hydrogens (tertiary/aromatic N) is 10. The van der Waals surface area contributed by atoms with Gasteiger partial charge in [0.2, 0.25) is 0 Å². The highest BCUT2D eigenvalue weighted by atomic mass is 15.0. The zero-order valence-electron chi connectivity index (χ0n) is 56.1. The zero-order valence-corrected chi connectivity index (χ0v) is 56.1. The van der Waals surface area contributed by atoms with Gasteiger partial charge in [0, 0.05) is 102 Å². The topological polar surface area (TPSA) is 129 Å². The van der Waals surface area contributed by atoms with Crippen LogP contribution in [-0.2, 0) is 0 Å². The lowest BCUT2D eigenvalue weighted by atomic mass is 9.97. The number of hydrogen-bond donors (Lipinski definition) is 0. The molecule has 6 aromatic heterocycles. The third kappa shape index (κ3) is 12.4. The van der Waals surface area contributed by atoms with Crippen molar-refractivity contribution in [2.75, 3.05) is 0 Å². The summed E-state index contributed by atoms with van der Waals surface area (Å²) in [6.45, 7) is 0. The highest BCUT2D eigenvalue weighted by molar-refractivity contribution is 5.99. The molecule has 0 aliphatic rings. The predicted molar refractivity (Wildman–Crippen MR) is 424 cm³/mol. The van der Waals surface area contributed by atoms with Gasteiger partial charge < -0.3 is 0 Å². The normalized spacial score (nSPS) is 11.3. The van der Waals surface area contributed by atoms with Gasteiger partial charge in [0.05, 0.1) is 22.1 Å². The molecule has 0 amide bonds. The number of hydrogen-bond acceptors (Lipinski definition) is 10. The predicted octanol–water partition coefficient (Wildman–Crippen LogP) is 23.1.